The van der Waals surface area contributed by atoms with E-state index < -0.39 is 0 Å². The zero-order valence-electron chi connectivity index (χ0n) is 9.83. The highest BCUT2D eigenvalue weighted by Crippen LogP contribution is 2.26. The summed E-state index contributed by atoms with van der Waals surface area (Å²) in [7, 11) is 1.89. The molecule has 0 saturated heterocycles. The van der Waals surface area contributed by atoms with Crippen molar-refractivity contribution in [1.29, 1.82) is 0 Å². The van der Waals surface area contributed by atoms with Crippen molar-refractivity contribution >= 4 is 28.4 Å². The Labute approximate surface area is 103 Å². The van der Waals surface area contributed by atoms with Crippen molar-refractivity contribution in [2.75, 3.05) is 11.1 Å². The van der Waals surface area contributed by atoms with Gasteiger partial charge in [-0.3, -0.25) is 0 Å². The van der Waals surface area contributed by atoms with Gasteiger partial charge in [0.05, 0.1) is 29.3 Å². The first kappa shape index (κ1) is 10.5. The Morgan fingerprint density at radius 3 is 2.89 bits per heavy atom. The molecule has 0 radical (unpaired) electrons. The Morgan fingerprint density at radius 1 is 1.22 bits per heavy atom. The summed E-state index contributed by atoms with van der Waals surface area (Å²) < 4.78 is 1.85. The van der Waals surface area contributed by atoms with Crippen LogP contribution in [0.15, 0.2) is 36.7 Å². The predicted octanol–water partition coefficient (Wildman–Crippen LogP) is 1.69. The molecule has 0 spiro atoms. The number of aromatic nitrogens is 4. The monoisotopic (exact) mass is 240 g/mol. The number of imidazole rings is 1. The van der Waals surface area contributed by atoms with Crippen molar-refractivity contribution < 1.29 is 0 Å². The molecule has 0 aliphatic heterocycles. The van der Waals surface area contributed by atoms with E-state index in [2.05, 4.69) is 20.5 Å². The van der Waals surface area contributed by atoms with Gasteiger partial charge in [0.25, 0.3) is 0 Å². The van der Waals surface area contributed by atoms with Gasteiger partial charge in [-0.25, -0.2) is 4.98 Å². The summed E-state index contributed by atoms with van der Waals surface area (Å²) in [6.07, 6.45) is 3.29. The molecule has 0 fully saturated rings. The lowest BCUT2D eigenvalue weighted by Gasteiger charge is -2.05. The number of hydrogen-bond donors (Lipinski definition) is 2. The van der Waals surface area contributed by atoms with Gasteiger partial charge in [0.15, 0.2) is 0 Å². The van der Waals surface area contributed by atoms with Gasteiger partial charge >= 0.3 is 0 Å². The van der Waals surface area contributed by atoms with E-state index >= 15 is 0 Å². The number of para-hydroxylation sites is 1. The largest absolute Gasteiger partial charge is 0.369 e. The van der Waals surface area contributed by atoms with Gasteiger partial charge in [-0.15, -0.1) is 0 Å². The second-order valence-electron chi connectivity index (χ2n) is 3.96. The molecule has 0 amide bonds. The van der Waals surface area contributed by atoms with Crippen molar-refractivity contribution in [3.05, 3.63) is 36.7 Å². The topological polar surface area (TPSA) is 81.7 Å². The van der Waals surface area contributed by atoms with E-state index in [0.29, 0.717) is 5.95 Å². The fourth-order valence-corrected chi connectivity index (χ4v) is 1.85. The predicted molar refractivity (Wildman–Crippen MR) is 70.4 cm³/mol. The summed E-state index contributed by atoms with van der Waals surface area (Å²) in [5.41, 5.74) is 9.40. The van der Waals surface area contributed by atoms with Crippen molar-refractivity contribution in [3.8, 4) is 0 Å². The zero-order chi connectivity index (χ0) is 12.5. The molecule has 2 heterocycles. The van der Waals surface area contributed by atoms with Gasteiger partial charge in [-0.1, -0.05) is 6.07 Å². The minimum atomic E-state index is 0.493. The van der Waals surface area contributed by atoms with Crippen LogP contribution in [0.2, 0.25) is 0 Å². The van der Waals surface area contributed by atoms with Crippen LogP contribution in [0, 0.1) is 0 Å². The van der Waals surface area contributed by atoms with Crippen LogP contribution < -0.4 is 11.1 Å². The zero-order valence-corrected chi connectivity index (χ0v) is 9.83. The van der Waals surface area contributed by atoms with E-state index in [1.54, 1.807) is 12.4 Å². The van der Waals surface area contributed by atoms with Crippen molar-refractivity contribution in [2.24, 2.45) is 7.05 Å². The SMILES string of the molecule is Cn1c(N)nc2c(Nc3ccnnc3)cccc21. The third kappa shape index (κ3) is 1.64. The molecule has 0 unspecified atom stereocenters. The molecular weight excluding hydrogens is 228 g/mol. The van der Waals surface area contributed by atoms with Crippen LogP contribution in [0.5, 0.6) is 0 Å². The molecule has 3 N–H and O–H groups in total. The second-order valence-corrected chi connectivity index (χ2v) is 3.96. The molecule has 1 aromatic carbocycles. The third-order valence-corrected chi connectivity index (χ3v) is 2.81. The smallest absolute Gasteiger partial charge is 0.201 e. The average molecular weight is 240 g/mol. The van der Waals surface area contributed by atoms with Crippen LogP contribution in [-0.4, -0.2) is 19.7 Å². The van der Waals surface area contributed by atoms with E-state index in [1.165, 1.54) is 0 Å². The highest BCUT2D eigenvalue weighted by Gasteiger charge is 2.08. The first-order valence-electron chi connectivity index (χ1n) is 5.50. The number of anilines is 3. The minimum Gasteiger partial charge on any atom is -0.369 e. The Balaban J connectivity index is 2.10. The molecule has 0 saturated carbocycles. The van der Waals surface area contributed by atoms with Gasteiger partial charge in [0.2, 0.25) is 5.95 Å². The highest BCUT2D eigenvalue weighted by atomic mass is 15.1. The quantitative estimate of drug-likeness (QED) is 0.712. The van der Waals surface area contributed by atoms with E-state index in [1.807, 2.05) is 35.9 Å². The minimum absolute atomic E-state index is 0.493. The van der Waals surface area contributed by atoms with Crippen LogP contribution in [0.4, 0.5) is 17.3 Å². The van der Waals surface area contributed by atoms with E-state index in [4.69, 9.17) is 5.73 Å². The summed E-state index contributed by atoms with van der Waals surface area (Å²) in [6, 6.07) is 7.74. The summed E-state index contributed by atoms with van der Waals surface area (Å²) >= 11 is 0. The van der Waals surface area contributed by atoms with Gasteiger partial charge < -0.3 is 15.6 Å². The number of rotatable bonds is 2. The number of nitrogen functional groups attached to an aromatic ring is 1. The summed E-state index contributed by atoms with van der Waals surface area (Å²) in [6.45, 7) is 0. The molecule has 3 aromatic rings. The highest BCUT2D eigenvalue weighted by molar-refractivity contribution is 5.91. The van der Waals surface area contributed by atoms with Gasteiger partial charge in [0.1, 0.15) is 5.52 Å². The maximum Gasteiger partial charge on any atom is 0.201 e. The fraction of sp³-hybridized carbons (Fsp3) is 0.0833. The Bertz CT molecular complexity index is 688. The number of benzene rings is 1. The van der Waals surface area contributed by atoms with Crippen molar-refractivity contribution in [1.82, 2.24) is 19.7 Å². The van der Waals surface area contributed by atoms with E-state index in [-0.39, 0.29) is 0 Å². The van der Waals surface area contributed by atoms with Crippen molar-refractivity contribution in [2.45, 2.75) is 0 Å². The number of hydrogen-bond acceptors (Lipinski definition) is 5. The Hall–Kier alpha value is -2.63. The number of nitrogens with two attached hydrogens (primary N) is 1. The lowest BCUT2D eigenvalue weighted by atomic mass is 10.2. The summed E-state index contributed by atoms with van der Waals surface area (Å²) in [5.74, 6) is 0.493. The Morgan fingerprint density at radius 2 is 2.11 bits per heavy atom. The molecule has 3 rings (SSSR count). The molecule has 0 aliphatic carbocycles. The molecule has 0 atom stereocenters. The van der Waals surface area contributed by atoms with Crippen LogP contribution >= 0.6 is 0 Å². The van der Waals surface area contributed by atoms with Crippen molar-refractivity contribution in [3.63, 3.8) is 0 Å². The second kappa shape index (κ2) is 3.99. The first-order chi connectivity index (χ1) is 8.75. The van der Waals surface area contributed by atoms with Gasteiger partial charge in [-0.2, -0.15) is 10.2 Å². The average Bonchev–Trinajstić information content (AvgIpc) is 2.69. The summed E-state index contributed by atoms with van der Waals surface area (Å²) in [4.78, 5) is 4.35. The van der Waals surface area contributed by atoms with E-state index in [9.17, 15) is 0 Å². The van der Waals surface area contributed by atoms with Crippen LogP contribution in [-0.2, 0) is 7.05 Å². The first-order valence-corrected chi connectivity index (χ1v) is 5.50. The number of nitrogens with one attached hydrogen (secondary N) is 1. The number of fused-ring (bicyclic) bond motifs is 1. The molecular formula is C12H12N6. The van der Waals surface area contributed by atoms with Gasteiger partial charge in [0, 0.05) is 7.05 Å². The fourth-order valence-electron chi connectivity index (χ4n) is 1.85. The number of aryl methyl sites for hydroxylation is 1. The molecule has 90 valence electrons. The van der Waals surface area contributed by atoms with Crippen LogP contribution in [0.3, 0.4) is 0 Å². The van der Waals surface area contributed by atoms with E-state index in [0.717, 1.165) is 22.4 Å². The molecule has 0 bridgehead atoms. The maximum absolute atomic E-state index is 5.82. The molecule has 6 nitrogen and oxygen atoms in total. The summed E-state index contributed by atoms with van der Waals surface area (Å²) in [5, 5.41) is 10.8. The Kier molecular flexibility index (Phi) is 2.33. The molecule has 2 aromatic heterocycles. The normalized spacial score (nSPS) is 10.7. The number of nitrogens with zero attached hydrogens (tertiary/aromatic N) is 4. The molecule has 6 heteroatoms. The lowest BCUT2D eigenvalue weighted by Crippen LogP contribution is -1.95. The van der Waals surface area contributed by atoms with Gasteiger partial charge in [-0.05, 0) is 18.2 Å². The standard InChI is InChI=1S/C12H12N6/c1-18-10-4-2-3-9(11(10)17-12(18)13)16-8-5-6-14-15-7-8/h2-7H,1H3,(H2,13,17)(H,14,16). The molecule has 0 aliphatic rings. The lowest BCUT2D eigenvalue weighted by molar-refractivity contribution is 0.965. The molecule has 18 heavy (non-hydrogen) atoms. The van der Waals surface area contributed by atoms with Crippen LogP contribution in [0.1, 0.15) is 0 Å². The van der Waals surface area contributed by atoms with Crippen LogP contribution in [0.25, 0.3) is 11.0 Å². The third-order valence-electron chi connectivity index (χ3n) is 2.81. The maximum atomic E-state index is 5.82.